The molecule has 1 aromatic rings. The van der Waals surface area contributed by atoms with E-state index in [0.717, 1.165) is 5.56 Å². The van der Waals surface area contributed by atoms with Gasteiger partial charge in [0.1, 0.15) is 11.4 Å². The minimum absolute atomic E-state index is 0.206. The van der Waals surface area contributed by atoms with Crippen molar-refractivity contribution in [2.24, 2.45) is 0 Å². The number of halogens is 1. The largest absolute Gasteiger partial charge is 0.371 e. The monoisotopic (exact) mass is 210 g/mol. The lowest BCUT2D eigenvalue weighted by molar-refractivity contribution is 0.0227. The second kappa shape index (κ2) is 4.11. The molecule has 0 spiro atoms. The fourth-order valence-corrected chi connectivity index (χ4v) is 1.26. The molecule has 0 aromatic heterocycles. The summed E-state index contributed by atoms with van der Waals surface area (Å²) in [6, 6.07) is 4.18. The van der Waals surface area contributed by atoms with E-state index in [1.54, 1.807) is 26.8 Å². The Morgan fingerprint density at radius 3 is 2.53 bits per heavy atom. The Bertz CT molecular complexity index is 383. The molecule has 1 aromatic carbocycles. The third kappa shape index (κ3) is 2.42. The Balaban J connectivity index is 3.17. The topological polar surface area (TPSA) is 26.3 Å². The van der Waals surface area contributed by atoms with E-state index in [4.69, 9.17) is 4.74 Å². The van der Waals surface area contributed by atoms with Gasteiger partial charge in [-0.3, -0.25) is 4.79 Å². The Morgan fingerprint density at radius 1 is 1.40 bits per heavy atom. The first kappa shape index (κ1) is 11.9. The van der Waals surface area contributed by atoms with Crippen LogP contribution in [0.15, 0.2) is 18.2 Å². The second-order valence-electron chi connectivity index (χ2n) is 4.00. The summed E-state index contributed by atoms with van der Waals surface area (Å²) in [6.07, 6.45) is 0. The molecule has 0 saturated heterocycles. The van der Waals surface area contributed by atoms with E-state index in [1.165, 1.54) is 19.2 Å². The lowest BCUT2D eigenvalue weighted by Crippen LogP contribution is -2.34. The lowest BCUT2D eigenvalue weighted by Gasteiger charge is -2.22. The van der Waals surface area contributed by atoms with Crippen molar-refractivity contribution in [1.29, 1.82) is 0 Å². The first-order valence-corrected chi connectivity index (χ1v) is 4.74. The zero-order valence-corrected chi connectivity index (χ0v) is 9.43. The molecule has 0 heterocycles. The number of methoxy groups -OCH3 is 1. The lowest BCUT2D eigenvalue weighted by atomic mass is 9.93. The zero-order chi connectivity index (χ0) is 11.6. The maximum Gasteiger partial charge on any atom is 0.194 e. The predicted molar refractivity (Wildman–Crippen MR) is 56.6 cm³/mol. The highest BCUT2D eigenvalue weighted by Gasteiger charge is 2.29. The molecule has 0 atom stereocenters. The standard InChI is InChI=1S/C12H15FO2/c1-8-5-6-9(13)7-10(8)11(14)12(2,3)15-4/h5-7H,1-4H3. The van der Waals surface area contributed by atoms with E-state index in [-0.39, 0.29) is 5.78 Å². The summed E-state index contributed by atoms with van der Waals surface area (Å²) >= 11 is 0. The molecule has 82 valence electrons. The Hall–Kier alpha value is -1.22. The van der Waals surface area contributed by atoms with Gasteiger partial charge in [-0.25, -0.2) is 4.39 Å². The molecule has 0 fully saturated rings. The summed E-state index contributed by atoms with van der Waals surface area (Å²) in [7, 11) is 1.46. The molecular formula is C12H15FO2. The Morgan fingerprint density at radius 2 is 2.00 bits per heavy atom. The average molecular weight is 210 g/mol. The van der Waals surface area contributed by atoms with Crippen LogP contribution in [-0.2, 0) is 4.74 Å². The van der Waals surface area contributed by atoms with Gasteiger partial charge in [-0.05, 0) is 38.5 Å². The summed E-state index contributed by atoms with van der Waals surface area (Å²) < 4.78 is 18.1. The molecule has 0 aliphatic carbocycles. The van der Waals surface area contributed by atoms with Gasteiger partial charge in [0, 0.05) is 12.7 Å². The van der Waals surface area contributed by atoms with E-state index in [0.29, 0.717) is 5.56 Å². The van der Waals surface area contributed by atoms with E-state index >= 15 is 0 Å². The molecule has 0 radical (unpaired) electrons. The predicted octanol–water partition coefficient (Wildman–Crippen LogP) is 2.74. The SMILES string of the molecule is COC(C)(C)C(=O)c1cc(F)ccc1C. The van der Waals surface area contributed by atoms with Gasteiger partial charge >= 0.3 is 0 Å². The van der Waals surface area contributed by atoms with Crippen molar-refractivity contribution >= 4 is 5.78 Å². The van der Waals surface area contributed by atoms with Crippen LogP contribution in [0.1, 0.15) is 29.8 Å². The normalized spacial score (nSPS) is 11.5. The number of benzene rings is 1. The van der Waals surface area contributed by atoms with Gasteiger partial charge in [-0.1, -0.05) is 6.07 Å². The van der Waals surface area contributed by atoms with Crippen LogP contribution < -0.4 is 0 Å². The fourth-order valence-electron chi connectivity index (χ4n) is 1.26. The number of ketones is 1. The first-order valence-electron chi connectivity index (χ1n) is 4.74. The van der Waals surface area contributed by atoms with Crippen LogP contribution in [0.5, 0.6) is 0 Å². The zero-order valence-electron chi connectivity index (χ0n) is 9.43. The van der Waals surface area contributed by atoms with Crippen LogP contribution >= 0.6 is 0 Å². The number of carbonyl (C=O) groups is 1. The van der Waals surface area contributed by atoms with E-state index in [1.807, 2.05) is 0 Å². The van der Waals surface area contributed by atoms with Crippen LogP contribution in [0.25, 0.3) is 0 Å². The van der Waals surface area contributed by atoms with Gasteiger partial charge in [-0.2, -0.15) is 0 Å². The van der Waals surface area contributed by atoms with Gasteiger partial charge < -0.3 is 4.74 Å². The number of hydrogen-bond donors (Lipinski definition) is 0. The summed E-state index contributed by atoms with van der Waals surface area (Å²) in [4.78, 5) is 12.0. The van der Waals surface area contributed by atoms with Crippen molar-refractivity contribution in [3.05, 3.63) is 35.1 Å². The summed E-state index contributed by atoms with van der Waals surface area (Å²) in [5.74, 6) is -0.613. The van der Waals surface area contributed by atoms with Gasteiger partial charge in [0.15, 0.2) is 5.78 Å². The van der Waals surface area contributed by atoms with Crippen molar-refractivity contribution in [2.45, 2.75) is 26.4 Å². The van der Waals surface area contributed by atoms with E-state index in [9.17, 15) is 9.18 Å². The molecule has 2 nitrogen and oxygen atoms in total. The number of Topliss-reactive ketones (excluding diaryl/α,β-unsaturated/α-hetero) is 1. The number of carbonyl (C=O) groups excluding carboxylic acids is 1. The van der Waals surface area contributed by atoms with Crippen LogP contribution in [0.2, 0.25) is 0 Å². The minimum atomic E-state index is -0.918. The summed E-state index contributed by atoms with van der Waals surface area (Å²) in [5.41, 5.74) is 0.215. The van der Waals surface area contributed by atoms with Gasteiger partial charge in [0.05, 0.1) is 0 Å². The van der Waals surface area contributed by atoms with Crippen molar-refractivity contribution in [2.75, 3.05) is 7.11 Å². The van der Waals surface area contributed by atoms with Crippen LogP contribution in [0.4, 0.5) is 4.39 Å². The van der Waals surface area contributed by atoms with Crippen molar-refractivity contribution in [3.63, 3.8) is 0 Å². The molecule has 0 saturated carbocycles. The molecule has 3 heteroatoms. The summed E-state index contributed by atoms with van der Waals surface area (Å²) in [5, 5.41) is 0. The van der Waals surface area contributed by atoms with Crippen molar-refractivity contribution in [3.8, 4) is 0 Å². The number of rotatable bonds is 3. The van der Waals surface area contributed by atoms with Gasteiger partial charge in [-0.15, -0.1) is 0 Å². The van der Waals surface area contributed by atoms with E-state index < -0.39 is 11.4 Å². The van der Waals surface area contributed by atoms with Crippen LogP contribution in [0, 0.1) is 12.7 Å². The third-order valence-corrected chi connectivity index (χ3v) is 2.50. The smallest absolute Gasteiger partial charge is 0.194 e. The highest BCUT2D eigenvalue weighted by atomic mass is 19.1. The highest BCUT2D eigenvalue weighted by molar-refractivity contribution is 6.03. The third-order valence-electron chi connectivity index (χ3n) is 2.50. The molecular weight excluding hydrogens is 195 g/mol. The minimum Gasteiger partial charge on any atom is -0.371 e. The van der Waals surface area contributed by atoms with E-state index in [2.05, 4.69) is 0 Å². The fraction of sp³-hybridized carbons (Fsp3) is 0.417. The molecule has 1 rings (SSSR count). The van der Waals surface area contributed by atoms with Crippen LogP contribution in [0.3, 0.4) is 0 Å². The van der Waals surface area contributed by atoms with Gasteiger partial charge in [0.25, 0.3) is 0 Å². The second-order valence-corrected chi connectivity index (χ2v) is 4.00. The molecule has 0 aliphatic heterocycles. The molecule has 0 bridgehead atoms. The highest BCUT2D eigenvalue weighted by Crippen LogP contribution is 2.19. The molecule has 0 unspecified atom stereocenters. The maximum absolute atomic E-state index is 13.0. The van der Waals surface area contributed by atoms with Crippen LogP contribution in [-0.4, -0.2) is 18.5 Å². The Labute approximate surface area is 89.1 Å². The number of hydrogen-bond acceptors (Lipinski definition) is 2. The molecule has 0 N–H and O–H groups in total. The first-order chi connectivity index (χ1) is 6.88. The van der Waals surface area contributed by atoms with Gasteiger partial charge in [0.2, 0.25) is 0 Å². The average Bonchev–Trinajstić information content (AvgIpc) is 2.20. The van der Waals surface area contributed by atoms with Crippen molar-refractivity contribution < 1.29 is 13.9 Å². The quantitative estimate of drug-likeness (QED) is 0.717. The Kier molecular flexibility index (Phi) is 3.25. The summed E-state index contributed by atoms with van der Waals surface area (Å²) in [6.45, 7) is 5.11. The molecule has 15 heavy (non-hydrogen) atoms. The molecule has 0 amide bonds. The number of aryl methyl sites for hydroxylation is 1. The number of ether oxygens (including phenoxy) is 1. The van der Waals surface area contributed by atoms with Crippen molar-refractivity contribution in [1.82, 2.24) is 0 Å². The molecule has 0 aliphatic rings. The maximum atomic E-state index is 13.0.